The van der Waals surface area contributed by atoms with Gasteiger partial charge in [0.1, 0.15) is 11.7 Å². The molecule has 0 N–H and O–H groups in total. The van der Waals surface area contributed by atoms with Gasteiger partial charge in [-0.1, -0.05) is 25.5 Å². The van der Waals surface area contributed by atoms with E-state index in [2.05, 4.69) is 33.4 Å². The Kier molecular flexibility index (Phi) is 5.48. The Balaban J connectivity index is 1.75. The summed E-state index contributed by atoms with van der Waals surface area (Å²) in [5.74, 6) is 0.405. The number of carbonyl (C=O) groups excluding carboxylic acids is 2. The first kappa shape index (κ1) is 16.9. The van der Waals surface area contributed by atoms with Crippen LogP contribution in [-0.4, -0.2) is 44.8 Å². The zero-order chi connectivity index (χ0) is 16.9. The molecule has 3 rings (SSSR count). The fraction of sp³-hybridized carbons (Fsp3) is 0.389. The number of aromatic nitrogens is 2. The molecule has 3 heterocycles. The van der Waals surface area contributed by atoms with Crippen molar-refractivity contribution in [2.45, 2.75) is 32.2 Å². The number of rotatable bonds is 7. The van der Waals surface area contributed by atoms with Crippen LogP contribution in [0.4, 0.5) is 0 Å². The predicted octanol–water partition coefficient (Wildman–Crippen LogP) is 2.70. The van der Waals surface area contributed by atoms with E-state index >= 15 is 0 Å². The van der Waals surface area contributed by atoms with Crippen LogP contribution in [0.15, 0.2) is 41.6 Å². The molecule has 2 aromatic rings. The molecular weight excluding hydrogens is 322 g/mol. The van der Waals surface area contributed by atoms with Crippen LogP contribution < -0.4 is 0 Å². The molecule has 5 nitrogen and oxygen atoms in total. The lowest BCUT2D eigenvalue weighted by molar-refractivity contribution is -0.132. The number of hydrogen-bond donors (Lipinski definition) is 0. The maximum Gasteiger partial charge on any atom is 0.217 e. The van der Waals surface area contributed by atoms with Gasteiger partial charge in [0.15, 0.2) is 6.29 Å². The number of hydrogen-bond acceptors (Lipinski definition) is 5. The zero-order valence-electron chi connectivity index (χ0n) is 13.7. The topological polar surface area (TPSA) is 54.7 Å². The molecule has 1 fully saturated rings. The SMILES string of the molecule is CCCC=C1SCN(CCc2cccc3nccn23)C1C(=O)C=O. The van der Waals surface area contributed by atoms with Crippen LogP contribution >= 0.6 is 11.8 Å². The van der Waals surface area contributed by atoms with Crippen molar-refractivity contribution in [1.29, 1.82) is 0 Å². The Morgan fingerprint density at radius 2 is 2.33 bits per heavy atom. The van der Waals surface area contributed by atoms with E-state index in [1.165, 1.54) is 0 Å². The molecule has 0 amide bonds. The smallest absolute Gasteiger partial charge is 0.217 e. The van der Waals surface area contributed by atoms with Crippen molar-refractivity contribution < 1.29 is 9.59 Å². The zero-order valence-corrected chi connectivity index (χ0v) is 14.5. The molecule has 0 aromatic carbocycles. The van der Waals surface area contributed by atoms with Gasteiger partial charge in [0.25, 0.3) is 0 Å². The molecule has 1 unspecified atom stereocenters. The first-order valence-corrected chi connectivity index (χ1v) is 9.20. The van der Waals surface area contributed by atoms with Crippen LogP contribution in [0, 0.1) is 0 Å². The van der Waals surface area contributed by atoms with Crippen LogP contribution in [-0.2, 0) is 16.0 Å². The Morgan fingerprint density at radius 1 is 1.46 bits per heavy atom. The van der Waals surface area contributed by atoms with Gasteiger partial charge in [-0.05, 0) is 18.6 Å². The van der Waals surface area contributed by atoms with E-state index in [0.29, 0.717) is 6.29 Å². The van der Waals surface area contributed by atoms with E-state index in [-0.39, 0.29) is 5.78 Å². The summed E-state index contributed by atoms with van der Waals surface area (Å²) in [7, 11) is 0. The normalized spacial score (nSPS) is 20.0. The lowest BCUT2D eigenvalue weighted by Gasteiger charge is -2.21. The number of pyridine rings is 1. The van der Waals surface area contributed by atoms with Crippen LogP contribution in [0.1, 0.15) is 25.5 Å². The van der Waals surface area contributed by atoms with E-state index < -0.39 is 6.04 Å². The second-order valence-corrected chi connectivity index (χ2v) is 6.84. The van der Waals surface area contributed by atoms with Crippen molar-refractivity contribution in [3.8, 4) is 0 Å². The molecule has 1 atom stereocenters. The highest BCUT2D eigenvalue weighted by Gasteiger charge is 2.34. The molecular formula is C18H21N3O2S. The number of imidazole rings is 1. The molecule has 6 heteroatoms. The van der Waals surface area contributed by atoms with Crippen LogP contribution in [0.2, 0.25) is 0 Å². The highest BCUT2D eigenvalue weighted by Crippen LogP contribution is 2.33. The fourth-order valence-electron chi connectivity index (χ4n) is 2.99. The Hall–Kier alpha value is -1.92. The van der Waals surface area contributed by atoms with Crippen molar-refractivity contribution in [3.63, 3.8) is 0 Å². The van der Waals surface area contributed by atoms with Gasteiger partial charge in [-0.2, -0.15) is 0 Å². The minimum atomic E-state index is -0.402. The molecule has 0 bridgehead atoms. The molecule has 1 aliphatic rings. The highest BCUT2D eigenvalue weighted by molar-refractivity contribution is 8.03. The van der Waals surface area contributed by atoms with E-state index in [0.717, 1.165) is 47.9 Å². The first-order chi connectivity index (χ1) is 11.7. The number of unbranched alkanes of at least 4 members (excludes halogenated alkanes) is 1. The quantitative estimate of drug-likeness (QED) is 0.571. The largest absolute Gasteiger partial charge is 0.304 e. The Morgan fingerprint density at radius 3 is 3.12 bits per heavy atom. The van der Waals surface area contributed by atoms with Crippen LogP contribution in [0.5, 0.6) is 0 Å². The maximum absolute atomic E-state index is 12.1. The third kappa shape index (κ3) is 3.44. The van der Waals surface area contributed by atoms with E-state index in [1.807, 2.05) is 18.3 Å². The minimum absolute atomic E-state index is 0.344. The van der Waals surface area contributed by atoms with Crippen LogP contribution in [0.25, 0.3) is 5.65 Å². The van der Waals surface area contributed by atoms with Gasteiger partial charge in [-0.25, -0.2) is 4.98 Å². The highest BCUT2D eigenvalue weighted by atomic mass is 32.2. The summed E-state index contributed by atoms with van der Waals surface area (Å²) in [6.45, 7) is 2.84. The molecule has 1 aliphatic heterocycles. The lowest BCUT2D eigenvalue weighted by atomic mass is 10.1. The Labute approximate surface area is 145 Å². The molecule has 126 valence electrons. The molecule has 1 saturated heterocycles. The summed E-state index contributed by atoms with van der Waals surface area (Å²) in [5.41, 5.74) is 2.07. The van der Waals surface area contributed by atoms with Crippen molar-refractivity contribution >= 4 is 29.5 Å². The average Bonchev–Trinajstić information content (AvgIpc) is 3.24. The number of fused-ring (bicyclic) bond motifs is 1. The van der Waals surface area contributed by atoms with Crippen molar-refractivity contribution in [1.82, 2.24) is 14.3 Å². The van der Waals surface area contributed by atoms with Gasteiger partial charge in [0, 0.05) is 41.8 Å². The number of ketones is 1. The predicted molar refractivity (Wildman–Crippen MR) is 95.9 cm³/mol. The van der Waals surface area contributed by atoms with Gasteiger partial charge in [-0.15, -0.1) is 11.8 Å². The van der Waals surface area contributed by atoms with Gasteiger partial charge in [0.05, 0.1) is 0 Å². The number of nitrogens with zero attached hydrogens (tertiary/aromatic N) is 3. The van der Waals surface area contributed by atoms with Crippen molar-refractivity contribution in [3.05, 3.63) is 47.3 Å². The van der Waals surface area contributed by atoms with Gasteiger partial charge in [-0.3, -0.25) is 14.5 Å². The lowest BCUT2D eigenvalue weighted by Crippen LogP contribution is -2.39. The summed E-state index contributed by atoms with van der Waals surface area (Å²) < 4.78 is 2.06. The summed E-state index contributed by atoms with van der Waals surface area (Å²) >= 11 is 1.67. The molecule has 24 heavy (non-hydrogen) atoms. The average molecular weight is 343 g/mol. The van der Waals surface area contributed by atoms with E-state index in [9.17, 15) is 9.59 Å². The summed E-state index contributed by atoms with van der Waals surface area (Å²) in [4.78, 5) is 30.6. The molecule has 0 aliphatic carbocycles. The summed E-state index contributed by atoms with van der Waals surface area (Å²) in [5, 5.41) is 0. The standard InChI is InChI=1S/C18H21N3O2S/c1-2-3-6-16-18(15(23)12-22)20(13-24-16)10-8-14-5-4-7-17-19-9-11-21(14)17/h4-7,9,11-12,18H,2-3,8,10,13H2,1H3. The number of carbonyl (C=O) groups is 2. The number of Topliss-reactive ketones (excluding diaryl/α,β-unsaturated/α-hetero) is 1. The third-order valence-electron chi connectivity index (χ3n) is 4.22. The van der Waals surface area contributed by atoms with E-state index in [4.69, 9.17) is 0 Å². The maximum atomic E-state index is 12.1. The molecule has 2 aromatic heterocycles. The minimum Gasteiger partial charge on any atom is -0.304 e. The summed E-state index contributed by atoms with van der Waals surface area (Å²) in [6, 6.07) is 5.64. The van der Waals surface area contributed by atoms with Crippen LogP contribution in [0.3, 0.4) is 0 Å². The second-order valence-electron chi connectivity index (χ2n) is 5.83. The molecule has 0 radical (unpaired) electrons. The third-order valence-corrected chi connectivity index (χ3v) is 5.40. The summed E-state index contributed by atoms with van der Waals surface area (Å²) in [6.07, 6.45) is 9.08. The fourth-order valence-corrected chi connectivity index (χ4v) is 4.25. The monoisotopic (exact) mass is 343 g/mol. The number of allylic oxidation sites excluding steroid dienone is 1. The number of aldehydes is 1. The van der Waals surface area contributed by atoms with Gasteiger partial charge in [0.2, 0.25) is 5.78 Å². The molecule has 0 spiro atoms. The van der Waals surface area contributed by atoms with Gasteiger partial charge < -0.3 is 4.40 Å². The van der Waals surface area contributed by atoms with Crippen molar-refractivity contribution in [2.24, 2.45) is 0 Å². The van der Waals surface area contributed by atoms with Gasteiger partial charge >= 0.3 is 0 Å². The second kappa shape index (κ2) is 7.77. The molecule has 0 saturated carbocycles. The number of thioether (sulfide) groups is 1. The van der Waals surface area contributed by atoms with Crippen molar-refractivity contribution in [2.75, 3.05) is 12.4 Å². The Bertz CT molecular complexity index is 768. The van der Waals surface area contributed by atoms with E-state index in [1.54, 1.807) is 18.0 Å². The first-order valence-electron chi connectivity index (χ1n) is 8.21.